The average Bonchev–Trinajstić information content (AvgIpc) is 3.24. The Morgan fingerprint density at radius 3 is 2.47 bits per heavy atom. The lowest BCUT2D eigenvalue weighted by molar-refractivity contribution is -0.120. The lowest BCUT2D eigenvalue weighted by atomic mass is 10.2. The number of carbonyl (C=O) groups is 1. The SMILES string of the molecule is COCCOCCOCC[S@@](=O)CC(=O)[C@@]1(COc2ccccc2OC)NCCS1. The molecule has 1 N–H and O–H groups in total. The largest absolute Gasteiger partial charge is 0.493 e. The highest BCUT2D eigenvalue weighted by Gasteiger charge is 2.43. The third-order valence-corrected chi connectivity index (χ3v) is 6.96. The molecular weight excluding hydrogens is 430 g/mol. The molecule has 1 aromatic rings. The molecule has 0 aromatic heterocycles. The number of rotatable bonds is 16. The van der Waals surface area contributed by atoms with Crippen LogP contribution in [0, 0.1) is 0 Å². The second-order valence-electron chi connectivity index (χ2n) is 6.47. The number of nitrogens with one attached hydrogen (secondary N) is 1. The van der Waals surface area contributed by atoms with Crippen LogP contribution in [0.25, 0.3) is 0 Å². The van der Waals surface area contributed by atoms with E-state index in [1.807, 2.05) is 12.1 Å². The van der Waals surface area contributed by atoms with Crippen LogP contribution < -0.4 is 14.8 Å². The highest BCUT2D eigenvalue weighted by atomic mass is 32.2. The number of ketones is 1. The van der Waals surface area contributed by atoms with Crippen LogP contribution in [0.4, 0.5) is 0 Å². The third kappa shape index (κ3) is 8.16. The molecule has 0 aliphatic carbocycles. The summed E-state index contributed by atoms with van der Waals surface area (Å²) in [7, 11) is 1.88. The van der Waals surface area contributed by atoms with Crippen molar-refractivity contribution in [1.82, 2.24) is 5.32 Å². The summed E-state index contributed by atoms with van der Waals surface area (Å²) >= 11 is 1.50. The number of ether oxygens (including phenoxy) is 5. The molecular formula is C20H31NO7S2. The van der Waals surface area contributed by atoms with Crippen LogP contribution in [0.15, 0.2) is 24.3 Å². The number of Topliss-reactive ketones (excluding diaryl/α,β-unsaturated/α-hetero) is 1. The molecule has 30 heavy (non-hydrogen) atoms. The zero-order valence-electron chi connectivity index (χ0n) is 17.6. The van der Waals surface area contributed by atoms with Gasteiger partial charge in [-0.15, -0.1) is 11.8 Å². The van der Waals surface area contributed by atoms with Crippen LogP contribution >= 0.6 is 11.8 Å². The topological polar surface area (TPSA) is 92.3 Å². The summed E-state index contributed by atoms with van der Waals surface area (Å²) in [6, 6.07) is 7.30. The zero-order valence-corrected chi connectivity index (χ0v) is 19.2. The van der Waals surface area contributed by atoms with E-state index in [1.54, 1.807) is 26.4 Å². The number of para-hydroxylation sites is 2. The summed E-state index contributed by atoms with van der Waals surface area (Å²) in [5, 5.41) is 3.24. The van der Waals surface area contributed by atoms with Crippen LogP contribution in [0.5, 0.6) is 11.5 Å². The van der Waals surface area contributed by atoms with Gasteiger partial charge < -0.3 is 23.7 Å². The summed E-state index contributed by atoms with van der Waals surface area (Å²) in [5.74, 6) is 2.11. The number of thioether (sulfide) groups is 1. The predicted octanol–water partition coefficient (Wildman–Crippen LogP) is 1.10. The minimum absolute atomic E-state index is 0.0387. The van der Waals surface area contributed by atoms with Gasteiger partial charge in [0.2, 0.25) is 0 Å². The van der Waals surface area contributed by atoms with Crippen LogP contribution in [-0.2, 0) is 29.8 Å². The first-order valence-electron chi connectivity index (χ1n) is 9.79. The molecule has 1 aliphatic heterocycles. The van der Waals surface area contributed by atoms with E-state index >= 15 is 0 Å². The molecule has 0 spiro atoms. The second-order valence-corrected chi connectivity index (χ2v) is 9.44. The Labute approximate surface area is 184 Å². The molecule has 0 amide bonds. The molecule has 0 bridgehead atoms. The van der Waals surface area contributed by atoms with Crippen molar-refractivity contribution in [2.45, 2.75) is 4.87 Å². The predicted molar refractivity (Wildman–Crippen MR) is 118 cm³/mol. The lowest BCUT2D eigenvalue weighted by Crippen LogP contribution is -2.52. The van der Waals surface area contributed by atoms with Crippen molar-refractivity contribution in [2.24, 2.45) is 0 Å². The van der Waals surface area contributed by atoms with E-state index in [4.69, 9.17) is 23.7 Å². The van der Waals surface area contributed by atoms with E-state index in [0.29, 0.717) is 56.8 Å². The first kappa shape index (κ1) is 25.1. The Hall–Kier alpha value is -1.17. The molecule has 0 saturated carbocycles. The monoisotopic (exact) mass is 461 g/mol. The summed E-state index contributed by atoms with van der Waals surface area (Å²) in [6.45, 7) is 3.10. The summed E-state index contributed by atoms with van der Waals surface area (Å²) < 4.78 is 39.1. The maximum absolute atomic E-state index is 12.9. The first-order valence-corrected chi connectivity index (χ1v) is 12.3. The molecule has 1 aliphatic rings. The Morgan fingerprint density at radius 1 is 1.10 bits per heavy atom. The molecule has 2 atom stereocenters. The minimum Gasteiger partial charge on any atom is -0.493 e. The molecule has 10 heteroatoms. The molecule has 8 nitrogen and oxygen atoms in total. The molecule has 2 rings (SSSR count). The van der Waals surface area contributed by atoms with Gasteiger partial charge in [0, 0.05) is 36.0 Å². The van der Waals surface area contributed by atoms with Gasteiger partial charge in [-0.2, -0.15) is 0 Å². The number of benzene rings is 1. The quantitative estimate of drug-likeness (QED) is 0.363. The van der Waals surface area contributed by atoms with Gasteiger partial charge in [0.05, 0.1) is 45.9 Å². The van der Waals surface area contributed by atoms with Crippen molar-refractivity contribution < 1.29 is 32.7 Å². The number of carbonyl (C=O) groups excluding carboxylic acids is 1. The van der Waals surface area contributed by atoms with Crippen LogP contribution in [0.1, 0.15) is 0 Å². The van der Waals surface area contributed by atoms with Gasteiger partial charge in [0.25, 0.3) is 0 Å². The molecule has 1 heterocycles. The van der Waals surface area contributed by atoms with E-state index in [-0.39, 0.29) is 18.1 Å². The van der Waals surface area contributed by atoms with E-state index in [9.17, 15) is 9.00 Å². The molecule has 170 valence electrons. The van der Waals surface area contributed by atoms with Gasteiger partial charge in [-0.25, -0.2) is 0 Å². The van der Waals surface area contributed by atoms with Crippen LogP contribution in [-0.4, -0.2) is 92.5 Å². The number of methoxy groups -OCH3 is 2. The fourth-order valence-electron chi connectivity index (χ4n) is 2.75. The van der Waals surface area contributed by atoms with Gasteiger partial charge in [0.15, 0.2) is 22.2 Å². The summed E-state index contributed by atoms with van der Waals surface area (Å²) in [4.78, 5) is 12.0. The third-order valence-electron chi connectivity index (χ3n) is 4.36. The molecule has 1 aromatic carbocycles. The van der Waals surface area contributed by atoms with Crippen LogP contribution in [0.3, 0.4) is 0 Å². The minimum atomic E-state index is -1.31. The standard InChI is InChI=1S/C20H31NO7S2/c1-24-8-9-26-10-11-27-12-14-30(23)15-19(22)20(21-7-13-29-20)16-28-18-6-4-3-5-17(18)25-2/h3-6,21H,7-16H2,1-2H3/t20-,30+/m0/s1. The van der Waals surface area contributed by atoms with Crippen molar-refractivity contribution in [2.75, 3.05) is 77.7 Å². The Bertz CT molecular complexity index is 668. The van der Waals surface area contributed by atoms with Crippen molar-refractivity contribution in [3.8, 4) is 11.5 Å². The van der Waals surface area contributed by atoms with Crippen LogP contribution in [0.2, 0.25) is 0 Å². The van der Waals surface area contributed by atoms with E-state index in [2.05, 4.69) is 5.32 Å². The van der Waals surface area contributed by atoms with Crippen molar-refractivity contribution in [1.29, 1.82) is 0 Å². The smallest absolute Gasteiger partial charge is 0.179 e. The number of hydrogen-bond donors (Lipinski definition) is 1. The van der Waals surface area contributed by atoms with E-state index in [1.165, 1.54) is 11.8 Å². The average molecular weight is 462 g/mol. The lowest BCUT2D eigenvalue weighted by Gasteiger charge is -2.27. The van der Waals surface area contributed by atoms with Crippen molar-refractivity contribution in [3.05, 3.63) is 24.3 Å². The molecule has 1 saturated heterocycles. The normalized spacial score (nSPS) is 19.5. The molecule has 0 radical (unpaired) electrons. The van der Waals surface area contributed by atoms with E-state index in [0.717, 1.165) is 5.75 Å². The van der Waals surface area contributed by atoms with Gasteiger partial charge in [-0.05, 0) is 12.1 Å². The second kappa shape index (κ2) is 14.0. The summed E-state index contributed by atoms with van der Waals surface area (Å²) in [5.41, 5.74) is 0. The maximum Gasteiger partial charge on any atom is 0.179 e. The van der Waals surface area contributed by atoms with Gasteiger partial charge in [-0.1, -0.05) is 12.1 Å². The maximum atomic E-state index is 12.9. The fraction of sp³-hybridized carbons (Fsp3) is 0.650. The highest BCUT2D eigenvalue weighted by molar-refractivity contribution is 8.01. The van der Waals surface area contributed by atoms with Crippen molar-refractivity contribution >= 4 is 28.3 Å². The Balaban J connectivity index is 1.75. The fourth-order valence-corrected chi connectivity index (χ4v) is 4.96. The van der Waals surface area contributed by atoms with E-state index < -0.39 is 15.7 Å². The Kier molecular flexibility index (Phi) is 11.7. The Morgan fingerprint density at radius 2 is 1.80 bits per heavy atom. The van der Waals surface area contributed by atoms with Gasteiger partial charge in [-0.3, -0.25) is 14.3 Å². The van der Waals surface area contributed by atoms with Gasteiger partial charge in [0.1, 0.15) is 6.61 Å². The zero-order chi connectivity index (χ0) is 21.7. The summed E-state index contributed by atoms with van der Waals surface area (Å²) in [6.07, 6.45) is 0. The highest BCUT2D eigenvalue weighted by Crippen LogP contribution is 2.32. The molecule has 1 fully saturated rings. The van der Waals surface area contributed by atoms with Crippen molar-refractivity contribution in [3.63, 3.8) is 0 Å². The first-order chi connectivity index (χ1) is 14.6. The number of hydrogen-bond acceptors (Lipinski definition) is 9. The van der Waals surface area contributed by atoms with Gasteiger partial charge >= 0.3 is 0 Å². The molecule has 0 unspecified atom stereocenters.